The Morgan fingerprint density at radius 1 is 1.24 bits per heavy atom. The van der Waals surface area contributed by atoms with Crippen molar-refractivity contribution in [3.05, 3.63) is 51.8 Å². The number of nitrogens with one attached hydrogen (secondary N) is 2. The summed E-state index contributed by atoms with van der Waals surface area (Å²) in [5.74, 6) is -1.41. The highest BCUT2D eigenvalue weighted by Crippen LogP contribution is 2.39. The predicted molar refractivity (Wildman–Crippen MR) is 116 cm³/mol. The van der Waals surface area contributed by atoms with Crippen LogP contribution < -0.4 is 15.5 Å². The monoisotopic (exact) mass is 502 g/mol. The fourth-order valence-electron chi connectivity index (χ4n) is 2.73. The van der Waals surface area contributed by atoms with Crippen molar-refractivity contribution in [1.82, 2.24) is 15.8 Å². The lowest BCUT2D eigenvalue weighted by Gasteiger charge is -2.21. The average Bonchev–Trinajstić information content (AvgIpc) is 2.75. The second kappa shape index (κ2) is 12.2. The molecular weight excluding hydrogens is 484 g/mol. The molecule has 176 valence electrons. The number of halogens is 5. The third-order valence-corrected chi connectivity index (χ3v) is 4.72. The second-order valence-corrected chi connectivity index (χ2v) is 7.39. The van der Waals surface area contributed by atoms with Gasteiger partial charge in [-0.25, -0.2) is 23.0 Å². The van der Waals surface area contributed by atoms with Crippen LogP contribution in [0.15, 0.2) is 30.3 Å². The molecule has 0 radical (unpaired) electrons. The molecule has 0 spiro atoms. The molecule has 0 aliphatic heterocycles. The van der Waals surface area contributed by atoms with Gasteiger partial charge in [0.05, 0.1) is 11.1 Å². The number of amides is 3. The van der Waals surface area contributed by atoms with Crippen LogP contribution >= 0.6 is 23.2 Å². The van der Waals surface area contributed by atoms with E-state index in [4.69, 9.17) is 33.2 Å². The van der Waals surface area contributed by atoms with E-state index in [0.29, 0.717) is 0 Å². The van der Waals surface area contributed by atoms with Gasteiger partial charge in [0.15, 0.2) is 0 Å². The maximum absolute atomic E-state index is 14.7. The molecule has 3 amide bonds. The lowest BCUT2D eigenvalue weighted by atomic mass is 10.0. The third-order valence-electron chi connectivity index (χ3n) is 4.22. The molecule has 0 aromatic heterocycles. The summed E-state index contributed by atoms with van der Waals surface area (Å²) in [4.78, 5) is 23.7. The van der Waals surface area contributed by atoms with Gasteiger partial charge in [0.25, 0.3) is 12.3 Å². The van der Waals surface area contributed by atoms with E-state index < -0.39 is 37.2 Å². The normalized spacial score (nSPS) is 10.5. The Labute approximate surface area is 198 Å². The molecule has 7 nitrogen and oxygen atoms in total. The van der Waals surface area contributed by atoms with Gasteiger partial charge in [0.2, 0.25) is 0 Å². The molecular formula is C21H19Cl2F3N4O3. The Bertz CT molecular complexity index is 1060. The Morgan fingerprint density at radius 3 is 2.58 bits per heavy atom. The molecule has 0 saturated carbocycles. The molecule has 0 unspecified atom stereocenters. The molecule has 0 atom stereocenters. The van der Waals surface area contributed by atoms with E-state index in [1.165, 1.54) is 24.3 Å². The Morgan fingerprint density at radius 2 is 1.97 bits per heavy atom. The van der Waals surface area contributed by atoms with Crippen LogP contribution in [0.1, 0.15) is 18.9 Å². The number of hydrogen-bond acceptors (Lipinski definition) is 4. The van der Waals surface area contributed by atoms with Crippen molar-refractivity contribution in [2.75, 3.05) is 13.2 Å². The highest BCUT2D eigenvalue weighted by molar-refractivity contribution is 6.36. The molecule has 0 bridgehead atoms. The number of urea groups is 1. The first-order valence-electron chi connectivity index (χ1n) is 9.56. The van der Waals surface area contributed by atoms with Crippen molar-refractivity contribution in [2.24, 2.45) is 0 Å². The van der Waals surface area contributed by atoms with Crippen LogP contribution in [0.2, 0.25) is 10.0 Å². The number of alkyl halides is 2. The molecule has 2 rings (SSSR count). The summed E-state index contributed by atoms with van der Waals surface area (Å²) in [5, 5.41) is 12.1. The largest absolute Gasteiger partial charge is 0.485 e. The summed E-state index contributed by atoms with van der Waals surface area (Å²) in [6.45, 7) is 0.604. The summed E-state index contributed by atoms with van der Waals surface area (Å²) in [7, 11) is 0. The number of carbonyl (C=O) groups excluding carboxylic acids is 2. The van der Waals surface area contributed by atoms with Crippen molar-refractivity contribution < 1.29 is 27.5 Å². The first kappa shape index (κ1) is 26.1. The molecule has 0 aliphatic rings. The van der Waals surface area contributed by atoms with Gasteiger partial charge < -0.3 is 10.1 Å². The topological polar surface area (TPSA) is 94.5 Å². The highest BCUT2D eigenvalue weighted by atomic mass is 35.5. The minimum Gasteiger partial charge on any atom is -0.485 e. The predicted octanol–water partition coefficient (Wildman–Crippen LogP) is 4.92. The van der Waals surface area contributed by atoms with Gasteiger partial charge >= 0.3 is 6.03 Å². The third kappa shape index (κ3) is 7.44. The van der Waals surface area contributed by atoms with E-state index in [9.17, 15) is 22.8 Å². The van der Waals surface area contributed by atoms with Crippen LogP contribution in [0.4, 0.5) is 18.0 Å². The van der Waals surface area contributed by atoms with E-state index in [2.05, 4.69) is 10.7 Å². The first-order chi connectivity index (χ1) is 15.7. The number of ether oxygens (including phenoxy) is 1. The zero-order valence-electron chi connectivity index (χ0n) is 17.3. The fraction of sp³-hybridized carbons (Fsp3) is 0.286. The van der Waals surface area contributed by atoms with E-state index in [-0.39, 0.29) is 45.6 Å². The number of nitriles is 1. The Balaban J connectivity index is 2.18. The Kier molecular flexibility index (Phi) is 9.63. The summed E-state index contributed by atoms with van der Waals surface area (Å²) in [6, 6.07) is 7.71. The van der Waals surface area contributed by atoms with Gasteiger partial charge in [-0.3, -0.25) is 10.2 Å². The van der Waals surface area contributed by atoms with Crippen LogP contribution in [-0.2, 0) is 11.3 Å². The van der Waals surface area contributed by atoms with Gasteiger partial charge in [-0.15, -0.1) is 0 Å². The molecule has 0 heterocycles. The number of rotatable bonds is 8. The minimum absolute atomic E-state index is 0.00648. The van der Waals surface area contributed by atoms with E-state index in [0.717, 1.165) is 11.1 Å². The van der Waals surface area contributed by atoms with Crippen molar-refractivity contribution in [1.29, 1.82) is 5.26 Å². The minimum atomic E-state index is -2.74. The van der Waals surface area contributed by atoms with Crippen molar-refractivity contribution in [3.63, 3.8) is 0 Å². The molecule has 2 aromatic carbocycles. The number of benzene rings is 2. The summed E-state index contributed by atoms with van der Waals surface area (Å²) < 4.78 is 45.0. The maximum atomic E-state index is 14.7. The second-order valence-electron chi connectivity index (χ2n) is 6.55. The van der Waals surface area contributed by atoms with Crippen LogP contribution in [-0.4, -0.2) is 36.5 Å². The van der Waals surface area contributed by atoms with Crippen LogP contribution in [0.3, 0.4) is 0 Å². The van der Waals surface area contributed by atoms with Crippen molar-refractivity contribution in [2.45, 2.75) is 26.3 Å². The fourth-order valence-corrected chi connectivity index (χ4v) is 3.28. The van der Waals surface area contributed by atoms with Gasteiger partial charge in [-0.05, 0) is 30.7 Å². The molecule has 12 heteroatoms. The molecule has 0 saturated heterocycles. The van der Waals surface area contributed by atoms with Gasteiger partial charge in [0, 0.05) is 29.2 Å². The standard InChI is InChI=1S/C21H19Cl2F3N4O3/c1-2-30(29-19(31)5-6-27)21(32)28-10-13-4-3-12(7-17(13)24)15-8-14(22)9-16(23)20(15)33-11-18(25)26/h3-4,7-9,18H,2,5,10-11H2,1H3,(H,28,32)(H,29,31). The quantitative estimate of drug-likeness (QED) is 0.500. The van der Waals surface area contributed by atoms with E-state index >= 15 is 0 Å². The van der Waals surface area contributed by atoms with Crippen molar-refractivity contribution >= 4 is 35.1 Å². The zero-order chi connectivity index (χ0) is 24.5. The van der Waals surface area contributed by atoms with Crippen LogP contribution in [0.5, 0.6) is 5.75 Å². The first-order valence-corrected chi connectivity index (χ1v) is 10.3. The number of nitrogens with zero attached hydrogens (tertiary/aromatic N) is 2. The lowest BCUT2D eigenvalue weighted by molar-refractivity contribution is -0.123. The van der Waals surface area contributed by atoms with Gasteiger partial charge in [0.1, 0.15) is 24.6 Å². The van der Waals surface area contributed by atoms with Crippen LogP contribution in [0, 0.1) is 17.1 Å². The zero-order valence-corrected chi connectivity index (χ0v) is 18.8. The maximum Gasteiger partial charge on any atom is 0.336 e. The number of hydrazine groups is 1. The molecule has 33 heavy (non-hydrogen) atoms. The highest BCUT2D eigenvalue weighted by Gasteiger charge is 2.18. The number of carbonyl (C=O) groups is 2. The van der Waals surface area contributed by atoms with Gasteiger partial charge in [-0.1, -0.05) is 35.3 Å². The Hall–Kier alpha value is -3.16. The lowest BCUT2D eigenvalue weighted by Crippen LogP contribution is -2.50. The van der Waals surface area contributed by atoms with E-state index in [1.807, 2.05) is 0 Å². The molecule has 0 fully saturated rings. The van der Waals surface area contributed by atoms with Gasteiger partial charge in [-0.2, -0.15) is 5.26 Å². The molecule has 2 aromatic rings. The summed E-state index contributed by atoms with van der Waals surface area (Å²) in [6.07, 6.45) is -3.16. The molecule has 0 aliphatic carbocycles. The SMILES string of the molecule is CCN(NC(=O)CC#N)C(=O)NCc1ccc(-c2cc(Cl)cc(Cl)c2OCC(F)F)cc1F. The summed E-state index contributed by atoms with van der Waals surface area (Å²) in [5.41, 5.74) is 2.87. The molecule has 2 N–H and O–H groups in total. The number of hydrogen-bond donors (Lipinski definition) is 2. The van der Waals surface area contributed by atoms with E-state index in [1.54, 1.807) is 13.0 Å². The average molecular weight is 503 g/mol. The van der Waals surface area contributed by atoms with Crippen LogP contribution in [0.25, 0.3) is 11.1 Å². The van der Waals surface area contributed by atoms with Crippen molar-refractivity contribution in [3.8, 4) is 22.9 Å². The summed E-state index contributed by atoms with van der Waals surface area (Å²) >= 11 is 12.1. The smallest absolute Gasteiger partial charge is 0.336 e.